The molecule has 108 valence electrons. The Hall–Kier alpha value is -1.58. The number of hydrogen-bond acceptors (Lipinski definition) is 2. The molecule has 20 heavy (non-hydrogen) atoms. The lowest BCUT2D eigenvalue weighted by molar-refractivity contribution is -0.169. The van der Waals surface area contributed by atoms with Gasteiger partial charge in [0.05, 0.1) is 12.2 Å². The van der Waals surface area contributed by atoms with Gasteiger partial charge in [-0.15, -0.1) is 6.42 Å². The van der Waals surface area contributed by atoms with Crippen molar-refractivity contribution < 1.29 is 27.0 Å². The van der Waals surface area contributed by atoms with E-state index in [1.807, 2.05) is 0 Å². The van der Waals surface area contributed by atoms with Crippen molar-refractivity contribution in [3.63, 3.8) is 0 Å². The highest BCUT2D eigenvalue weighted by Gasteiger charge is 2.25. The average molecular weight is 288 g/mol. The molecule has 1 aliphatic heterocycles. The van der Waals surface area contributed by atoms with E-state index in [0.717, 1.165) is 12.8 Å². The zero-order chi connectivity index (χ0) is 14.7. The molecule has 1 unspecified atom stereocenters. The van der Waals surface area contributed by atoms with Crippen molar-refractivity contribution in [2.45, 2.75) is 32.2 Å². The van der Waals surface area contributed by atoms with Crippen LogP contribution in [-0.2, 0) is 16.1 Å². The Morgan fingerprint density at radius 3 is 2.25 bits per heavy atom. The minimum atomic E-state index is -1.59. The Morgan fingerprint density at radius 1 is 1.10 bits per heavy atom. The zero-order valence-electron chi connectivity index (χ0n) is 10.5. The fourth-order valence-corrected chi connectivity index (χ4v) is 1.95. The summed E-state index contributed by atoms with van der Waals surface area (Å²) in [5.41, 5.74) is -1.88. The predicted octanol–water partition coefficient (Wildman–Crippen LogP) is 3.27. The fraction of sp³-hybridized carbons (Fsp3) is 0.429. The minimum Gasteiger partial charge on any atom is -0.353 e. The van der Waals surface area contributed by atoms with E-state index in [1.165, 1.54) is 0 Å². The smallest absolute Gasteiger partial charge is 0.177 e. The molecule has 0 radical (unpaired) electrons. The van der Waals surface area contributed by atoms with Gasteiger partial charge in [0, 0.05) is 6.61 Å². The Morgan fingerprint density at radius 2 is 1.75 bits per heavy atom. The molecule has 0 N–H and O–H groups in total. The summed E-state index contributed by atoms with van der Waals surface area (Å²) in [6.07, 6.45) is 6.49. The van der Waals surface area contributed by atoms with E-state index in [9.17, 15) is 17.6 Å². The largest absolute Gasteiger partial charge is 0.353 e. The first kappa shape index (κ1) is 14.8. The van der Waals surface area contributed by atoms with Crippen LogP contribution in [0.1, 0.15) is 30.4 Å². The van der Waals surface area contributed by atoms with Crippen LogP contribution in [0, 0.1) is 35.6 Å². The number of benzene rings is 1. The first-order chi connectivity index (χ1) is 9.56. The van der Waals surface area contributed by atoms with E-state index >= 15 is 0 Å². The van der Waals surface area contributed by atoms with Crippen molar-refractivity contribution in [3.8, 4) is 12.3 Å². The summed E-state index contributed by atoms with van der Waals surface area (Å²) < 4.78 is 64.5. The van der Waals surface area contributed by atoms with Gasteiger partial charge in [-0.2, -0.15) is 0 Å². The Bertz CT molecular complexity index is 516. The molecular formula is C14H12F4O2. The quantitative estimate of drug-likeness (QED) is 0.483. The first-order valence-corrected chi connectivity index (χ1v) is 6.11. The van der Waals surface area contributed by atoms with Crippen LogP contribution in [0.3, 0.4) is 0 Å². The normalized spacial score (nSPS) is 18.9. The van der Waals surface area contributed by atoms with Crippen LogP contribution in [0.15, 0.2) is 0 Å². The lowest BCUT2D eigenvalue weighted by Gasteiger charge is -2.23. The molecular weight excluding hydrogens is 276 g/mol. The summed E-state index contributed by atoms with van der Waals surface area (Å²) in [5.74, 6) is -4.66. The van der Waals surface area contributed by atoms with E-state index < -0.39 is 47.3 Å². The summed E-state index contributed by atoms with van der Waals surface area (Å²) in [7, 11) is 0. The standard InChI is InChI=1S/C14H12F4O2/c1-2-8-11(15)13(17)9(14(18)12(8)16)7-20-10-5-3-4-6-19-10/h1,10H,3-7H2. The highest BCUT2D eigenvalue weighted by atomic mass is 19.2. The van der Waals surface area contributed by atoms with Crippen LogP contribution >= 0.6 is 0 Å². The van der Waals surface area contributed by atoms with E-state index in [-0.39, 0.29) is 0 Å². The van der Waals surface area contributed by atoms with Crippen molar-refractivity contribution in [1.29, 1.82) is 0 Å². The second kappa shape index (κ2) is 6.25. The fourth-order valence-electron chi connectivity index (χ4n) is 1.95. The first-order valence-electron chi connectivity index (χ1n) is 6.11. The van der Waals surface area contributed by atoms with Gasteiger partial charge in [0.25, 0.3) is 0 Å². The molecule has 0 aliphatic carbocycles. The maximum Gasteiger partial charge on any atom is 0.177 e. The Kier molecular flexibility index (Phi) is 4.63. The highest BCUT2D eigenvalue weighted by Crippen LogP contribution is 2.25. The molecule has 2 nitrogen and oxygen atoms in total. The average Bonchev–Trinajstić information content (AvgIpc) is 2.47. The third-order valence-corrected chi connectivity index (χ3v) is 3.05. The van der Waals surface area contributed by atoms with Crippen molar-refractivity contribution in [2.24, 2.45) is 0 Å². The van der Waals surface area contributed by atoms with E-state index in [4.69, 9.17) is 15.9 Å². The topological polar surface area (TPSA) is 18.5 Å². The summed E-state index contributed by atoms with van der Waals surface area (Å²) in [4.78, 5) is 0. The summed E-state index contributed by atoms with van der Waals surface area (Å²) in [6.45, 7) is -0.143. The lowest BCUT2D eigenvalue weighted by Crippen LogP contribution is -2.23. The SMILES string of the molecule is C#Cc1c(F)c(F)c(COC2CCCCO2)c(F)c1F. The van der Waals surface area contributed by atoms with E-state index in [1.54, 1.807) is 5.92 Å². The van der Waals surface area contributed by atoms with Crippen molar-refractivity contribution in [3.05, 3.63) is 34.4 Å². The summed E-state index contributed by atoms with van der Waals surface area (Å²) >= 11 is 0. The van der Waals surface area contributed by atoms with Gasteiger partial charge in [0.2, 0.25) is 0 Å². The molecule has 0 saturated carbocycles. The van der Waals surface area contributed by atoms with E-state index in [2.05, 4.69) is 0 Å². The monoisotopic (exact) mass is 288 g/mol. The van der Waals surface area contributed by atoms with Crippen molar-refractivity contribution >= 4 is 0 Å². The highest BCUT2D eigenvalue weighted by molar-refractivity contribution is 5.39. The maximum atomic E-state index is 13.6. The van der Waals surface area contributed by atoms with Gasteiger partial charge < -0.3 is 9.47 Å². The Labute approximate surface area is 113 Å². The van der Waals surface area contributed by atoms with Crippen LogP contribution in [0.2, 0.25) is 0 Å². The third kappa shape index (κ3) is 2.79. The summed E-state index contributed by atoms with van der Waals surface area (Å²) in [5, 5.41) is 0. The van der Waals surface area contributed by atoms with Crippen LogP contribution in [0.5, 0.6) is 0 Å². The summed E-state index contributed by atoms with van der Waals surface area (Å²) in [6, 6.07) is 0. The maximum absolute atomic E-state index is 13.6. The van der Waals surface area contributed by atoms with Gasteiger partial charge in [0.1, 0.15) is 5.56 Å². The van der Waals surface area contributed by atoms with Crippen molar-refractivity contribution in [2.75, 3.05) is 6.61 Å². The van der Waals surface area contributed by atoms with Gasteiger partial charge in [-0.3, -0.25) is 0 Å². The molecule has 0 bridgehead atoms. The minimum absolute atomic E-state index is 0.481. The third-order valence-electron chi connectivity index (χ3n) is 3.05. The van der Waals surface area contributed by atoms with Gasteiger partial charge in [-0.1, -0.05) is 5.92 Å². The molecule has 1 aromatic carbocycles. The zero-order valence-corrected chi connectivity index (χ0v) is 10.5. The van der Waals surface area contributed by atoms with Crippen LogP contribution in [0.4, 0.5) is 17.6 Å². The number of rotatable bonds is 3. The van der Waals surface area contributed by atoms with Crippen molar-refractivity contribution in [1.82, 2.24) is 0 Å². The number of hydrogen-bond donors (Lipinski definition) is 0. The van der Waals surface area contributed by atoms with E-state index in [0.29, 0.717) is 13.0 Å². The van der Waals surface area contributed by atoms with Gasteiger partial charge in [0.15, 0.2) is 29.6 Å². The number of terminal acetylenes is 1. The Balaban J connectivity index is 2.21. The molecule has 1 heterocycles. The van der Waals surface area contributed by atoms with Crippen LogP contribution in [-0.4, -0.2) is 12.9 Å². The van der Waals surface area contributed by atoms with Gasteiger partial charge in [-0.25, -0.2) is 17.6 Å². The molecule has 0 amide bonds. The molecule has 1 aromatic rings. The molecule has 6 heteroatoms. The lowest BCUT2D eigenvalue weighted by atomic mass is 10.1. The molecule has 1 saturated heterocycles. The molecule has 1 atom stereocenters. The van der Waals surface area contributed by atoms with Crippen LogP contribution < -0.4 is 0 Å². The number of halogens is 4. The molecule has 1 fully saturated rings. The second-order valence-corrected chi connectivity index (χ2v) is 4.36. The molecule has 0 aromatic heterocycles. The van der Waals surface area contributed by atoms with Gasteiger partial charge in [-0.05, 0) is 19.3 Å². The molecule has 2 rings (SSSR count). The molecule has 0 spiro atoms. The van der Waals surface area contributed by atoms with Gasteiger partial charge >= 0.3 is 0 Å². The molecule has 1 aliphatic rings. The number of ether oxygens (including phenoxy) is 2. The second-order valence-electron chi connectivity index (χ2n) is 4.36. The predicted molar refractivity (Wildman–Crippen MR) is 62.6 cm³/mol. The van der Waals surface area contributed by atoms with Crippen LogP contribution in [0.25, 0.3) is 0 Å².